The maximum Gasteiger partial charge on any atom is 0.153 e. The first-order valence-corrected chi connectivity index (χ1v) is 7.21. The Labute approximate surface area is 111 Å². The van der Waals surface area contributed by atoms with E-state index in [1.807, 2.05) is 10.9 Å². The lowest BCUT2D eigenvalue weighted by molar-refractivity contribution is 0.112. The molecule has 96 valence electrons. The van der Waals surface area contributed by atoms with E-state index in [1.165, 1.54) is 4.88 Å². The molecule has 0 atom stereocenters. The summed E-state index contributed by atoms with van der Waals surface area (Å²) in [6.45, 7) is 5.16. The molecule has 2 heterocycles. The van der Waals surface area contributed by atoms with Gasteiger partial charge in [0, 0.05) is 17.6 Å². The fourth-order valence-electron chi connectivity index (χ4n) is 1.84. The quantitative estimate of drug-likeness (QED) is 0.742. The van der Waals surface area contributed by atoms with Crippen LogP contribution in [0.25, 0.3) is 10.6 Å². The van der Waals surface area contributed by atoms with Gasteiger partial charge in [0.05, 0.1) is 10.4 Å². The molecule has 0 aliphatic rings. The fraction of sp³-hybridized carbons (Fsp3) is 0.429. The van der Waals surface area contributed by atoms with Gasteiger partial charge in [-0.15, -0.1) is 11.3 Å². The van der Waals surface area contributed by atoms with Crippen molar-refractivity contribution in [3.05, 3.63) is 28.8 Å². The Morgan fingerprint density at radius 3 is 2.83 bits per heavy atom. The highest BCUT2D eigenvalue weighted by Gasteiger charge is 2.12. The Morgan fingerprint density at radius 1 is 1.39 bits per heavy atom. The highest BCUT2D eigenvalue weighted by Crippen LogP contribution is 2.29. The molecular weight excluding hydrogens is 244 g/mol. The van der Waals surface area contributed by atoms with E-state index in [9.17, 15) is 4.79 Å². The van der Waals surface area contributed by atoms with E-state index >= 15 is 0 Å². The van der Waals surface area contributed by atoms with Crippen LogP contribution in [0.1, 0.15) is 41.9 Å². The van der Waals surface area contributed by atoms with Gasteiger partial charge in [0.25, 0.3) is 0 Å². The molecule has 0 saturated heterocycles. The molecule has 0 saturated carbocycles. The first kappa shape index (κ1) is 13.0. The second-order valence-corrected chi connectivity index (χ2v) is 5.46. The molecule has 2 rings (SSSR count). The average molecular weight is 262 g/mol. The average Bonchev–Trinajstić information content (AvgIpc) is 3.02. The van der Waals surface area contributed by atoms with Gasteiger partial charge in [0.1, 0.15) is 5.69 Å². The zero-order valence-corrected chi connectivity index (χ0v) is 11.7. The van der Waals surface area contributed by atoms with Gasteiger partial charge in [0.15, 0.2) is 6.29 Å². The molecule has 0 amide bonds. The van der Waals surface area contributed by atoms with Gasteiger partial charge in [-0.25, -0.2) is 0 Å². The highest BCUT2D eigenvalue weighted by molar-refractivity contribution is 7.15. The van der Waals surface area contributed by atoms with Crippen LogP contribution < -0.4 is 0 Å². The van der Waals surface area contributed by atoms with Crippen LogP contribution in [0.15, 0.2) is 18.3 Å². The van der Waals surface area contributed by atoms with Crippen LogP contribution in [0, 0.1) is 0 Å². The molecule has 0 N–H and O–H groups in total. The number of nitrogens with zero attached hydrogens (tertiary/aromatic N) is 2. The SMILES string of the molecule is CCCCn1cc(C=O)c(-c2ccc(CC)s2)n1. The van der Waals surface area contributed by atoms with Gasteiger partial charge in [-0.1, -0.05) is 20.3 Å². The summed E-state index contributed by atoms with van der Waals surface area (Å²) >= 11 is 1.72. The molecule has 0 fully saturated rings. The van der Waals surface area contributed by atoms with Crippen molar-refractivity contribution in [2.75, 3.05) is 0 Å². The summed E-state index contributed by atoms with van der Waals surface area (Å²) in [4.78, 5) is 13.5. The number of rotatable bonds is 6. The number of unbranched alkanes of at least 4 members (excludes halogenated alkanes) is 1. The van der Waals surface area contributed by atoms with Gasteiger partial charge in [0.2, 0.25) is 0 Å². The standard InChI is InChI=1S/C14H18N2OS/c1-3-5-8-16-9-11(10-17)14(15-16)13-7-6-12(4-2)18-13/h6-7,9-10H,3-5,8H2,1-2H3. The smallest absolute Gasteiger partial charge is 0.153 e. The lowest BCUT2D eigenvalue weighted by Crippen LogP contribution is -1.97. The molecule has 0 aliphatic carbocycles. The van der Waals surface area contributed by atoms with Gasteiger partial charge in [-0.05, 0) is 25.0 Å². The van der Waals surface area contributed by atoms with E-state index in [0.29, 0.717) is 5.56 Å². The third kappa shape index (κ3) is 2.70. The van der Waals surface area contributed by atoms with E-state index < -0.39 is 0 Å². The lowest BCUT2D eigenvalue weighted by atomic mass is 10.2. The molecular formula is C14H18N2OS. The number of aromatic nitrogens is 2. The molecule has 18 heavy (non-hydrogen) atoms. The Hall–Kier alpha value is -1.42. The van der Waals surface area contributed by atoms with Crippen LogP contribution in [-0.4, -0.2) is 16.1 Å². The maximum absolute atomic E-state index is 11.1. The van der Waals surface area contributed by atoms with E-state index in [2.05, 4.69) is 31.1 Å². The van der Waals surface area contributed by atoms with Crippen LogP contribution in [0.3, 0.4) is 0 Å². The fourth-order valence-corrected chi connectivity index (χ4v) is 2.80. The van der Waals surface area contributed by atoms with Gasteiger partial charge >= 0.3 is 0 Å². The number of carbonyl (C=O) groups is 1. The van der Waals surface area contributed by atoms with E-state index in [1.54, 1.807) is 11.3 Å². The number of aldehydes is 1. The summed E-state index contributed by atoms with van der Waals surface area (Å²) in [5, 5.41) is 4.53. The molecule has 0 spiro atoms. The lowest BCUT2D eigenvalue weighted by Gasteiger charge is -1.97. The van der Waals surface area contributed by atoms with E-state index in [-0.39, 0.29) is 0 Å². The summed E-state index contributed by atoms with van der Waals surface area (Å²) in [7, 11) is 0. The summed E-state index contributed by atoms with van der Waals surface area (Å²) in [5.41, 5.74) is 1.52. The van der Waals surface area contributed by atoms with E-state index in [0.717, 1.165) is 42.7 Å². The Kier molecular flexibility index (Phi) is 4.31. The molecule has 0 aromatic carbocycles. The minimum atomic E-state index is 0.690. The summed E-state index contributed by atoms with van der Waals surface area (Å²) in [6.07, 6.45) is 5.99. The molecule has 0 unspecified atom stereocenters. The largest absolute Gasteiger partial charge is 0.298 e. The van der Waals surface area contributed by atoms with Crippen LogP contribution in [0.5, 0.6) is 0 Å². The van der Waals surface area contributed by atoms with Crippen molar-refractivity contribution in [3.63, 3.8) is 0 Å². The van der Waals surface area contributed by atoms with Crippen molar-refractivity contribution in [2.45, 2.75) is 39.7 Å². The Balaban J connectivity index is 2.30. The molecule has 0 aliphatic heterocycles. The zero-order chi connectivity index (χ0) is 13.0. The number of hydrogen-bond acceptors (Lipinski definition) is 3. The van der Waals surface area contributed by atoms with E-state index in [4.69, 9.17) is 0 Å². The van der Waals surface area contributed by atoms with Crippen molar-refractivity contribution >= 4 is 17.6 Å². The summed E-state index contributed by atoms with van der Waals surface area (Å²) < 4.78 is 1.88. The molecule has 0 bridgehead atoms. The maximum atomic E-state index is 11.1. The third-order valence-electron chi connectivity index (χ3n) is 2.90. The first-order chi connectivity index (χ1) is 8.78. The minimum Gasteiger partial charge on any atom is -0.298 e. The Bertz CT molecular complexity index is 528. The number of carbonyl (C=O) groups excluding carboxylic acids is 1. The highest BCUT2D eigenvalue weighted by atomic mass is 32.1. The summed E-state index contributed by atoms with van der Waals surface area (Å²) in [5.74, 6) is 0. The molecule has 0 radical (unpaired) electrons. The number of hydrogen-bond donors (Lipinski definition) is 0. The second kappa shape index (κ2) is 5.96. The van der Waals surface area contributed by atoms with Gasteiger partial charge in [-0.2, -0.15) is 5.10 Å². The topological polar surface area (TPSA) is 34.9 Å². The predicted octanol–water partition coefficient (Wildman–Crippen LogP) is 3.79. The van der Waals surface area contributed by atoms with Crippen molar-refractivity contribution in [1.82, 2.24) is 9.78 Å². The van der Waals surface area contributed by atoms with Crippen molar-refractivity contribution in [3.8, 4) is 10.6 Å². The van der Waals surface area contributed by atoms with Crippen LogP contribution in [0.4, 0.5) is 0 Å². The third-order valence-corrected chi connectivity index (χ3v) is 4.14. The van der Waals surface area contributed by atoms with Crippen LogP contribution >= 0.6 is 11.3 Å². The molecule has 2 aromatic rings. The van der Waals surface area contributed by atoms with Crippen molar-refractivity contribution in [1.29, 1.82) is 0 Å². The summed E-state index contributed by atoms with van der Waals surface area (Å²) in [6, 6.07) is 4.17. The zero-order valence-electron chi connectivity index (χ0n) is 10.8. The van der Waals surface area contributed by atoms with Crippen LogP contribution in [-0.2, 0) is 13.0 Å². The second-order valence-electron chi connectivity index (χ2n) is 4.29. The number of aryl methyl sites for hydroxylation is 2. The molecule has 3 nitrogen and oxygen atoms in total. The predicted molar refractivity (Wildman–Crippen MR) is 75.2 cm³/mol. The van der Waals surface area contributed by atoms with Crippen molar-refractivity contribution in [2.24, 2.45) is 0 Å². The first-order valence-electron chi connectivity index (χ1n) is 6.40. The van der Waals surface area contributed by atoms with Gasteiger partial charge < -0.3 is 0 Å². The normalized spacial score (nSPS) is 10.8. The van der Waals surface area contributed by atoms with Crippen LogP contribution in [0.2, 0.25) is 0 Å². The minimum absolute atomic E-state index is 0.690. The number of thiophene rings is 1. The monoisotopic (exact) mass is 262 g/mol. The molecule has 4 heteroatoms. The Morgan fingerprint density at radius 2 is 2.22 bits per heavy atom. The molecule has 2 aromatic heterocycles. The van der Waals surface area contributed by atoms with Crippen molar-refractivity contribution < 1.29 is 4.79 Å². The van der Waals surface area contributed by atoms with Gasteiger partial charge in [-0.3, -0.25) is 9.48 Å².